The van der Waals surface area contributed by atoms with Gasteiger partial charge in [-0.3, -0.25) is 0 Å². The number of nitrogens with zero attached hydrogens (tertiary/aromatic N) is 2. The van der Waals surface area contributed by atoms with E-state index in [-0.39, 0.29) is 17.4 Å². The van der Waals surface area contributed by atoms with Gasteiger partial charge in [-0.25, -0.2) is 14.2 Å². The summed E-state index contributed by atoms with van der Waals surface area (Å²) in [4.78, 5) is 16.4. The summed E-state index contributed by atoms with van der Waals surface area (Å²) in [6.45, 7) is 6.25. The van der Waals surface area contributed by atoms with E-state index in [4.69, 9.17) is 5.11 Å². The molecule has 0 spiro atoms. The van der Waals surface area contributed by atoms with Crippen LogP contribution < -0.4 is 4.90 Å². The third-order valence-electron chi connectivity index (χ3n) is 2.34. The summed E-state index contributed by atoms with van der Waals surface area (Å²) in [5.41, 5.74) is -0.343. The first-order chi connectivity index (χ1) is 7.49. The van der Waals surface area contributed by atoms with Gasteiger partial charge in [0.1, 0.15) is 5.56 Å². The molecular formula is C11H15FN2O2. The molecule has 4 nitrogen and oxygen atoms in total. The highest BCUT2D eigenvalue weighted by molar-refractivity contribution is 5.88. The number of pyridine rings is 1. The minimum Gasteiger partial charge on any atom is -0.478 e. The summed E-state index contributed by atoms with van der Waals surface area (Å²) in [6, 6.07) is 1.23. The third kappa shape index (κ3) is 2.29. The highest BCUT2D eigenvalue weighted by Gasteiger charge is 2.20. The van der Waals surface area contributed by atoms with Gasteiger partial charge in [-0.1, -0.05) is 0 Å². The van der Waals surface area contributed by atoms with E-state index in [0.29, 0.717) is 6.54 Å². The van der Waals surface area contributed by atoms with Crippen LogP contribution in [-0.4, -0.2) is 28.6 Å². The average molecular weight is 226 g/mol. The first-order valence-electron chi connectivity index (χ1n) is 5.13. The average Bonchev–Trinajstić information content (AvgIpc) is 2.20. The first-order valence-corrected chi connectivity index (χ1v) is 5.13. The predicted molar refractivity (Wildman–Crippen MR) is 59.3 cm³/mol. The normalized spacial score (nSPS) is 10.6. The summed E-state index contributed by atoms with van der Waals surface area (Å²) in [5.74, 6) is -1.95. The van der Waals surface area contributed by atoms with Gasteiger partial charge in [-0.05, 0) is 26.8 Å². The molecule has 0 aliphatic rings. The van der Waals surface area contributed by atoms with Crippen LogP contribution in [0.25, 0.3) is 0 Å². The Morgan fingerprint density at radius 3 is 2.69 bits per heavy atom. The fourth-order valence-corrected chi connectivity index (χ4v) is 1.56. The number of hydrogen-bond donors (Lipinski definition) is 1. The zero-order valence-corrected chi connectivity index (χ0v) is 9.57. The Morgan fingerprint density at radius 2 is 2.25 bits per heavy atom. The molecule has 0 amide bonds. The van der Waals surface area contributed by atoms with Crippen molar-refractivity contribution in [1.82, 2.24) is 4.98 Å². The highest BCUT2D eigenvalue weighted by Crippen LogP contribution is 2.21. The van der Waals surface area contributed by atoms with E-state index in [1.54, 1.807) is 4.90 Å². The molecule has 1 N–H and O–H groups in total. The van der Waals surface area contributed by atoms with E-state index in [0.717, 1.165) is 6.07 Å². The van der Waals surface area contributed by atoms with E-state index < -0.39 is 11.8 Å². The van der Waals surface area contributed by atoms with Crippen LogP contribution in [-0.2, 0) is 0 Å². The van der Waals surface area contributed by atoms with Crippen molar-refractivity contribution in [3.63, 3.8) is 0 Å². The molecule has 1 heterocycles. The van der Waals surface area contributed by atoms with Crippen LogP contribution >= 0.6 is 0 Å². The van der Waals surface area contributed by atoms with Crippen molar-refractivity contribution in [2.24, 2.45) is 0 Å². The minimum absolute atomic E-state index is 0.0658. The lowest BCUT2D eigenvalue weighted by molar-refractivity contribution is 0.0691. The van der Waals surface area contributed by atoms with Crippen LogP contribution in [0, 0.1) is 5.82 Å². The van der Waals surface area contributed by atoms with Gasteiger partial charge in [-0.15, -0.1) is 0 Å². The van der Waals surface area contributed by atoms with Crippen LogP contribution in [0.15, 0.2) is 12.3 Å². The SMILES string of the molecule is CCN(c1nccc(C(=O)O)c1F)C(C)C. The quantitative estimate of drug-likeness (QED) is 0.854. The maximum Gasteiger partial charge on any atom is 0.338 e. The fraction of sp³-hybridized carbons (Fsp3) is 0.455. The van der Waals surface area contributed by atoms with Gasteiger partial charge in [0.15, 0.2) is 11.6 Å². The molecule has 16 heavy (non-hydrogen) atoms. The van der Waals surface area contributed by atoms with Crippen molar-refractivity contribution in [3.05, 3.63) is 23.6 Å². The second kappa shape index (κ2) is 4.92. The number of carboxylic acid groups (broad SMARTS) is 1. The zero-order chi connectivity index (χ0) is 12.3. The number of carboxylic acids is 1. The summed E-state index contributed by atoms with van der Waals surface area (Å²) < 4.78 is 13.8. The monoisotopic (exact) mass is 226 g/mol. The lowest BCUT2D eigenvalue weighted by Crippen LogP contribution is -2.32. The van der Waals surface area contributed by atoms with Gasteiger partial charge in [0, 0.05) is 18.8 Å². The number of hydrogen-bond acceptors (Lipinski definition) is 3. The molecule has 0 unspecified atom stereocenters. The Bertz CT molecular complexity index is 394. The topological polar surface area (TPSA) is 53.4 Å². The molecule has 0 aliphatic carbocycles. The fourth-order valence-electron chi connectivity index (χ4n) is 1.56. The zero-order valence-electron chi connectivity index (χ0n) is 9.57. The van der Waals surface area contributed by atoms with Gasteiger partial charge in [0.05, 0.1) is 0 Å². The molecule has 0 saturated carbocycles. The maximum atomic E-state index is 13.8. The van der Waals surface area contributed by atoms with Crippen molar-refractivity contribution >= 4 is 11.8 Å². The molecule has 0 atom stereocenters. The molecule has 5 heteroatoms. The number of carbonyl (C=O) groups is 1. The summed E-state index contributed by atoms with van der Waals surface area (Å²) in [5, 5.41) is 8.80. The van der Waals surface area contributed by atoms with Gasteiger partial charge in [0.25, 0.3) is 0 Å². The standard InChI is InChI=1S/C11H15FN2O2/c1-4-14(7(2)3)10-9(12)8(11(15)16)5-6-13-10/h5-7H,4H2,1-3H3,(H,15,16). The lowest BCUT2D eigenvalue weighted by atomic mass is 10.2. The smallest absolute Gasteiger partial charge is 0.338 e. The third-order valence-corrected chi connectivity index (χ3v) is 2.34. The molecule has 1 aromatic heterocycles. The molecule has 0 aromatic carbocycles. The van der Waals surface area contributed by atoms with E-state index in [2.05, 4.69) is 4.98 Å². The largest absolute Gasteiger partial charge is 0.478 e. The molecule has 88 valence electrons. The number of aromatic nitrogens is 1. The Balaban J connectivity index is 3.23. The predicted octanol–water partition coefficient (Wildman–Crippen LogP) is 2.15. The Labute approximate surface area is 93.7 Å². The van der Waals surface area contributed by atoms with Crippen LogP contribution in [0.2, 0.25) is 0 Å². The van der Waals surface area contributed by atoms with E-state index in [1.807, 2.05) is 20.8 Å². The molecule has 0 fully saturated rings. The van der Waals surface area contributed by atoms with Crippen LogP contribution in [0.1, 0.15) is 31.1 Å². The summed E-state index contributed by atoms with van der Waals surface area (Å²) in [6.07, 6.45) is 1.31. The van der Waals surface area contributed by atoms with Gasteiger partial charge < -0.3 is 10.0 Å². The first kappa shape index (κ1) is 12.4. The maximum absolute atomic E-state index is 13.8. The highest BCUT2D eigenvalue weighted by atomic mass is 19.1. The van der Waals surface area contributed by atoms with Crippen LogP contribution in [0.5, 0.6) is 0 Å². The molecule has 0 saturated heterocycles. The van der Waals surface area contributed by atoms with E-state index in [1.165, 1.54) is 6.20 Å². The van der Waals surface area contributed by atoms with E-state index in [9.17, 15) is 9.18 Å². The lowest BCUT2D eigenvalue weighted by Gasteiger charge is -2.26. The summed E-state index contributed by atoms with van der Waals surface area (Å²) in [7, 11) is 0. The second-order valence-corrected chi connectivity index (χ2v) is 3.68. The molecule has 1 aromatic rings. The summed E-state index contributed by atoms with van der Waals surface area (Å²) >= 11 is 0. The molecule has 0 radical (unpaired) electrons. The van der Waals surface area contributed by atoms with Crippen molar-refractivity contribution in [1.29, 1.82) is 0 Å². The van der Waals surface area contributed by atoms with Gasteiger partial charge >= 0.3 is 5.97 Å². The Morgan fingerprint density at radius 1 is 1.62 bits per heavy atom. The number of aromatic carboxylic acids is 1. The van der Waals surface area contributed by atoms with Gasteiger partial charge in [-0.2, -0.15) is 0 Å². The molecular weight excluding hydrogens is 211 g/mol. The Hall–Kier alpha value is -1.65. The van der Waals surface area contributed by atoms with Crippen LogP contribution in [0.3, 0.4) is 0 Å². The van der Waals surface area contributed by atoms with Gasteiger partial charge in [0.2, 0.25) is 0 Å². The van der Waals surface area contributed by atoms with E-state index >= 15 is 0 Å². The molecule has 0 aliphatic heterocycles. The Kier molecular flexibility index (Phi) is 3.82. The van der Waals surface area contributed by atoms with Crippen molar-refractivity contribution in [2.75, 3.05) is 11.4 Å². The van der Waals surface area contributed by atoms with Crippen molar-refractivity contribution < 1.29 is 14.3 Å². The number of halogens is 1. The second-order valence-electron chi connectivity index (χ2n) is 3.68. The van der Waals surface area contributed by atoms with Crippen molar-refractivity contribution in [3.8, 4) is 0 Å². The minimum atomic E-state index is -1.28. The number of rotatable bonds is 4. The number of anilines is 1. The van der Waals surface area contributed by atoms with Crippen LogP contribution in [0.4, 0.5) is 10.2 Å². The van der Waals surface area contributed by atoms with Crippen molar-refractivity contribution in [2.45, 2.75) is 26.8 Å². The molecule has 0 bridgehead atoms. The molecule has 1 rings (SSSR count).